The third-order valence-corrected chi connectivity index (χ3v) is 5.46. The van der Waals surface area contributed by atoms with E-state index in [-0.39, 0.29) is 0 Å². The summed E-state index contributed by atoms with van der Waals surface area (Å²) in [6, 6.07) is 0. The molecule has 1 fully saturated rings. The van der Waals surface area contributed by atoms with Crippen LogP contribution in [0.3, 0.4) is 0 Å². The summed E-state index contributed by atoms with van der Waals surface area (Å²) in [5, 5.41) is 0.664. The molecule has 0 aromatic carbocycles. The van der Waals surface area contributed by atoms with Crippen LogP contribution in [-0.4, -0.2) is 23.3 Å². The molecule has 19 heavy (non-hydrogen) atoms. The predicted octanol–water partition coefficient (Wildman–Crippen LogP) is 4.08. The van der Waals surface area contributed by atoms with Crippen molar-refractivity contribution in [2.24, 2.45) is 0 Å². The molecule has 3 nitrogen and oxygen atoms in total. The van der Waals surface area contributed by atoms with Gasteiger partial charge in [0.2, 0.25) is 0 Å². The van der Waals surface area contributed by atoms with Gasteiger partial charge in [0.25, 0.3) is 0 Å². The highest BCUT2D eigenvalue weighted by atomic mass is 127. The largest absolute Gasteiger partial charge is 0.525 e. The highest BCUT2D eigenvalue weighted by molar-refractivity contribution is 14.1. The van der Waals surface area contributed by atoms with Gasteiger partial charge in [-0.05, 0) is 57.2 Å². The SMILES string of the molecule is CC(=C(F)B1OC(C)(C)C(C)(C)O1)c1ncc(I)s1. The first-order chi connectivity index (χ1) is 8.64. The van der Waals surface area contributed by atoms with Gasteiger partial charge in [0.15, 0.2) is 0 Å². The monoisotopic (exact) mass is 395 g/mol. The molecule has 0 spiro atoms. The van der Waals surface area contributed by atoms with Gasteiger partial charge in [0.05, 0.1) is 20.3 Å². The lowest BCUT2D eigenvalue weighted by atomic mass is 9.85. The van der Waals surface area contributed by atoms with Gasteiger partial charge in [-0.2, -0.15) is 0 Å². The lowest BCUT2D eigenvalue weighted by Gasteiger charge is -2.32. The molecule has 2 rings (SSSR count). The van der Waals surface area contributed by atoms with Crippen molar-refractivity contribution in [1.82, 2.24) is 4.98 Å². The molecule has 0 N–H and O–H groups in total. The minimum absolute atomic E-state index is 0.399. The Morgan fingerprint density at radius 1 is 1.32 bits per heavy atom. The van der Waals surface area contributed by atoms with Crippen molar-refractivity contribution < 1.29 is 13.7 Å². The molecule has 0 atom stereocenters. The third-order valence-electron chi connectivity index (χ3n) is 3.62. The Hall–Kier alpha value is 0.0149. The van der Waals surface area contributed by atoms with Crippen molar-refractivity contribution in [3.05, 3.63) is 19.8 Å². The molecule has 0 saturated carbocycles. The summed E-state index contributed by atoms with van der Waals surface area (Å²) in [4.78, 5) is 4.18. The van der Waals surface area contributed by atoms with Crippen LogP contribution in [0, 0.1) is 2.88 Å². The average Bonchev–Trinajstić information content (AvgIpc) is 2.79. The smallest absolute Gasteiger partial charge is 0.398 e. The molecule has 1 aromatic rings. The summed E-state index contributed by atoms with van der Waals surface area (Å²) < 4.78 is 26.9. The number of nitrogens with zero attached hydrogens (tertiary/aromatic N) is 1. The average molecular weight is 395 g/mol. The zero-order valence-corrected chi connectivity index (χ0v) is 14.6. The Bertz CT molecular complexity index is 514. The van der Waals surface area contributed by atoms with Crippen LogP contribution >= 0.6 is 33.9 Å². The summed E-state index contributed by atoms with van der Waals surface area (Å²) in [5.74, 6) is 0. The maximum atomic E-state index is 14.5. The van der Waals surface area contributed by atoms with Crippen LogP contribution in [0.25, 0.3) is 5.57 Å². The molecule has 0 aliphatic carbocycles. The summed E-state index contributed by atoms with van der Waals surface area (Å²) in [7, 11) is -0.952. The fraction of sp³-hybridized carbons (Fsp3) is 0.583. The Morgan fingerprint density at radius 2 is 1.84 bits per heavy atom. The van der Waals surface area contributed by atoms with E-state index in [0.717, 1.165) is 2.88 Å². The van der Waals surface area contributed by atoms with Crippen LogP contribution in [0.5, 0.6) is 0 Å². The molecule has 1 aliphatic heterocycles. The number of rotatable bonds is 2. The second-order valence-corrected chi connectivity index (χ2v) is 8.46. The van der Waals surface area contributed by atoms with E-state index in [1.807, 2.05) is 27.7 Å². The van der Waals surface area contributed by atoms with Crippen LogP contribution in [0.2, 0.25) is 0 Å². The number of hydrogen-bond donors (Lipinski definition) is 0. The van der Waals surface area contributed by atoms with E-state index in [9.17, 15) is 4.39 Å². The number of aromatic nitrogens is 1. The molecule has 0 radical (unpaired) electrons. The van der Waals surface area contributed by atoms with E-state index in [1.54, 1.807) is 13.1 Å². The van der Waals surface area contributed by atoms with E-state index in [1.165, 1.54) is 11.3 Å². The zero-order chi connectivity index (χ0) is 14.4. The molecule has 2 heterocycles. The van der Waals surface area contributed by atoms with E-state index < -0.39 is 24.0 Å². The van der Waals surface area contributed by atoms with Crippen molar-refractivity contribution in [2.45, 2.75) is 45.8 Å². The van der Waals surface area contributed by atoms with Crippen molar-refractivity contribution in [3.8, 4) is 0 Å². The van der Waals surface area contributed by atoms with Crippen LogP contribution in [0.15, 0.2) is 11.9 Å². The predicted molar refractivity (Wildman–Crippen MR) is 84.6 cm³/mol. The molecule has 1 saturated heterocycles. The molecule has 0 amide bonds. The molecule has 0 unspecified atom stereocenters. The molecule has 1 aliphatic rings. The number of thiazole rings is 1. The van der Waals surface area contributed by atoms with E-state index >= 15 is 0 Å². The van der Waals surface area contributed by atoms with Gasteiger partial charge < -0.3 is 9.31 Å². The minimum Gasteiger partial charge on any atom is -0.398 e. The molecular weight excluding hydrogens is 379 g/mol. The zero-order valence-electron chi connectivity index (χ0n) is 11.6. The highest BCUT2D eigenvalue weighted by Crippen LogP contribution is 2.40. The van der Waals surface area contributed by atoms with Crippen LogP contribution < -0.4 is 0 Å². The van der Waals surface area contributed by atoms with Crippen molar-refractivity contribution >= 4 is 46.6 Å². The normalized spacial score (nSPS) is 22.6. The fourth-order valence-corrected chi connectivity index (χ4v) is 3.06. The second-order valence-electron chi connectivity index (χ2n) is 5.53. The first-order valence-corrected chi connectivity index (χ1v) is 7.87. The van der Waals surface area contributed by atoms with Gasteiger partial charge >= 0.3 is 7.12 Å². The number of hydrogen-bond acceptors (Lipinski definition) is 4. The second kappa shape index (κ2) is 5.09. The highest BCUT2D eigenvalue weighted by Gasteiger charge is 2.53. The van der Waals surface area contributed by atoms with Crippen LogP contribution in [-0.2, 0) is 9.31 Å². The van der Waals surface area contributed by atoms with Crippen LogP contribution in [0.1, 0.15) is 39.6 Å². The number of halogens is 2. The van der Waals surface area contributed by atoms with Crippen molar-refractivity contribution in [2.75, 3.05) is 0 Å². The number of allylic oxidation sites excluding steroid dienone is 1. The lowest BCUT2D eigenvalue weighted by Crippen LogP contribution is -2.41. The summed E-state index contributed by atoms with van der Waals surface area (Å²) >= 11 is 3.61. The van der Waals surface area contributed by atoms with Gasteiger partial charge in [-0.3, -0.25) is 0 Å². The standard InChI is InChI=1S/C12H16BFINO2S/c1-7(10-16-6-8(15)19-10)9(14)13-17-11(2,3)12(4,5)18-13/h6H,1-5H3. The summed E-state index contributed by atoms with van der Waals surface area (Å²) in [6.07, 6.45) is 1.72. The maximum Gasteiger partial charge on any atom is 0.525 e. The van der Waals surface area contributed by atoms with Gasteiger partial charge in [0.1, 0.15) is 10.7 Å². The first-order valence-electron chi connectivity index (χ1n) is 5.98. The minimum atomic E-state index is -0.952. The Balaban J connectivity index is 2.28. The molecule has 0 bridgehead atoms. The van der Waals surface area contributed by atoms with E-state index in [0.29, 0.717) is 10.6 Å². The fourth-order valence-electron chi connectivity index (χ4n) is 1.65. The molecule has 7 heteroatoms. The van der Waals surface area contributed by atoms with Gasteiger partial charge in [-0.25, -0.2) is 9.37 Å². The van der Waals surface area contributed by atoms with Gasteiger partial charge in [-0.15, -0.1) is 11.3 Å². The third kappa shape index (κ3) is 2.89. The van der Waals surface area contributed by atoms with Gasteiger partial charge in [-0.1, -0.05) is 0 Å². The van der Waals surface area contributed by atoms with Gasteiger partial charge in [0, 0.05) is 5.57 Å². The lowest BCUT2D eigenvalue weighted by molar-refractivity contribution is 0.00578. The van der Waals surface area contributed by atoms with Crippen molar-refractivity contribution in [1.29, 1.82) is 0 Å². The quantitative estimate of drug-likeness (QED) is 0.559. The Morgan fingerprint density at radius 3 is 2.26 bits per heavy atom. The molecule has 1 aromatic heterocycles. The first kappa shape index (κ1) is 15.4. The topological polar surface area (TPSA) is 31.4 Å². The van der Waals surface area contributed by atoms with Crippen molar-refractivity contribution in [3.63, 3.8) is 0 Å². The van der Waals surface area contributed by atoms with E-state index in [4.69, 9.17) is 9.31 Å². The Kier molecular flexibility index (Phi) is 4.13. The Labute approximate surface area is 130 Å². The molecule has 104 valence electrons. The summed E-state index contributed by atoms with van der Waals surface area (Å²) in [5.41, 5.74) is -0.991. The maximum absolute atomic E-state index is 14.5. The molecular formula is C12H16BFINO2S. The summed E-state index contributed by atoms with van der Waals surface area (Å²) in [6.45, 7) is 9.32. The van der Waals surface area contributed by atoms with E-state index in [2.05, 4.69) is 27.6 Å². The van der Waals surface area contributed by atoms with Crippen LogP contribution in [0.4, 0.5) is 4.39 Å².